The molecular weight excluding hydrogens is 450 g/mol. The summed E-state index contributed by atoms with van der Waals surface area (Å²) in [5, 5.41) is 1.90. The van der Waals surface area contributed by atoms with Crippen molar-refractivity contribution in [2.75, 3.05) is 27.3 Å². The third-order valence-corrected chi connectivity index (χ3v) is 7.23. The van der Waals surface area contributed by atoms with Gasteiger partial charge in [0.05, 0.1) is 19.1 Å². The van der Waals surface area contributed by atoms with E-state index in [1.165, 1.54) is 11.3 Å². The van der Waals surface area contributed by atoms with Gasteiger partial charge in [0.25, 0.3) is 0 Å². The van der Waals surface area contributed by atoms with Gasteiger partial charge >= 0.3 is 0 Å². The zero-order valence-corrected chi connectivity index (χ0v) is 20.6. The van der Waals surface area contributed by atoms with Crippen LogP contribution in [0.1, 0.15) is 59.1 Å². The second kappa shape index (κ2) is 11.3. The smallest absolute Gasteiger partial charge is 0.222 e. The van der Waals surface area contributed by atoms with Crippen LogP contribution in [0.5, 0.6) is 11.5 Å². The van der Waals surface area contributed by atoms with Gasteiger partial charge in [0.15, 0.2) is 5.78 Å². The topological polar surface area (TPSA) is 73.7 Å². The van der Waals surface area contributed by atoms with E-state index in [1.807, 2.05) is 53.0 Å². The van der Waals surface area contributed by atoms with Gasteiger partial charge in [0, 0.05) is 56.9 Å². The minimum absolute atomic E-state index is 0.127. The summed E-state index contributed by atoms with van der Waals surface area (Å²) in [6.07, 6.45) is 7.07. The first-order valence-corrected chi connectivity index (χ1v) is 12.5. The second-order valence-electron chi connectivity index (χ2n) is 8.54. The average Bonchev–Trinajstić information content (AvgIpc) is 3.56. The van der Waals surface area contributed by atoms with Crippen molar-refractivity contribution in [2.24, 2.45) is 0 Å². The van der Waals surface area contributed by atoms with Gasteiger partial charge in [0.2, 0.25) is 5.91 Å². The molecule has 0 saturated carbocycles. The summed E-state index contributed by atoms with van der Waals surface area (Å²) in [5.74, 6) is 3.16. The number of hydrogen-bond acceptors (Lipinski definition) is 6. The van der Waals surface area contributed by atoms with Gasteiger partial charge in [-0.05, 0) is 48.4 Å². The molecule has 0 radical (unpaired) electrons. The van der Waals surface area contributed by atoms with Crippen molar-refractivity contribution in [2.45, 2.75) is 44.6 Å². The van der Waals surface area contributed by atoms with Crippen LogP contribution < -0.4 is 9.47 Å². The zero-order chi connectivity index (χ0) is 23.9. The molecule has 1 aliphatic heterocycles. The molecule has 3 heterocycles. The van der Waals surface area contributed by atoms with E-state index in [9.17, 15) is 9.59 Å². The van der Waals surface area contributed by atoms with Crippen LogP contribution in [0.4, 0.5) is 0 Å². The van der Waals surface area contributed by atoms with Gasteiger partial charge in [-0.2, -0.15) is 0 Å². The number of nitrogens with zero attached hydrogens (tertiary/aromatic N) is 3. The van der Waals surface area contributed by atoms with Crippen LogP contribution in [-0.4, -0.2) is 53.5 Å². The molecule has 1 saturated heterocycles. The lowest BCUT2D eigenvalue weighted by atomic mass is 9.95. The van der Waals surface area contributed by atoms with E-state index >= 15 is 0 Å². The number of thiophene rings is 1. The van der Waals surface area contributed by atoms with Gasteiger partial charge < -0.3 is 18.9 Å². The minimum Gasteiger partial charge on any atom is -0.497 e. The number of rotatable bonds is 10. The molecular formula is C26H31N3O4S. The molecule has 7 nitrogen and oxygen atoms in total. The van der Waals surface area contributed by atoms with Crippen molar-refractivity contribution in [3.8, 4) is 11.5 Å². The van der Waals surface area contributed by atoms with Crippen LogP contribution >= 0.6 is 11.3 Å². The van der Waals surface area contributed by atoms with Crippen LogP contribution in [0, 0.1) is 0 Å². The lowest BCUT2D eigenvalue weighted by Crippen LogP contribution is -2.38. The molecule has 8 heteroatoms. The Labute approximate surface area is 204 Å². The van der Waals surface area contributed by atoms with Crippen LogP contribution in [0.3, 0.4) is 0 Å². The molecule has 0 bridgehead atoms. The summed E-state index contributed by atoms with van der Waals surface area (Å²) in [4.78, 5) is 32.2. The molecule has 3 aromatic rings. The summed E-state index contributed by atoms with van der Waals surface area (Å²) in [5.41, 5.74) is 1.08. The van der Waals surface area contributed by atoms with Crippen LogP contribution in [0.25, 0.3) is 0 Å². The van der Waals surface area contributed by atoms with Gasteiger partial charge in [0.1, 0.15) is 17.3 Å². The molecule has 0 spiro atoms. The number of carbonyl (C=O) groups excluding carboxylic acids is 2. The number of likely N-dealkylation sites (tertiary alicyclic amines) is 1. The lowest BCUT2D eigenvalue weighted by Gasteiger charge is -2.32. The molecule has 1 aliphatic rings. The number of imidazole rings is 1. The van der Waals surface area contributed by atoms with Crippen molar-refractivity contribution in [1.82, 2.24) is 14.5 Å². The van der Waals surface area contributed by atoms with E-state index in [4.69, 9.17) is 9.47 Å². The number of Topliss-reactive ketones (excluding diaryl/α,β-unsaturated/α-hetero) is 1. The summed E-state index contributed by atoms with van der Waals surface area (Å²) in [6.45, 7) is 2.13. The number of carbonyl (C=O) groups is 2. The average molecular weight is 482 g/mol. The van der Waals surface area contributed by atoms with Crippen molar-refractivity contribution >= 4 is 23.0 Å². The first kappa shape index (κ1) is 24.0. The highest BCUT2D eigenvalue weighted by Crippen LogP contribution is 2.29. The minimum atomic E-state index is 0.127. The maximum atomic E-state index is 12.7. The first-order valence-electron chi connectivity index (χ1n) is 11.6. The first-order chi connectivity index (χ1) is 16.6. The number of hydrogen-bond donors (Lipinski definition) is 0. The number of ketones is 1. The molecule has 34 heavy (non-hydrogen) atoms. The summed E-state index contributed by atoms with van der Waals surface area (Å²) in [6, 6.07) is 9.61. The SMILES string of the molecule is COc1cc(Cn2ccnc2C2CCN(C(=O)CCCC(=O)c3cccs3)CC2)cc(OC)c1. The molecule has 1 aromatic carbocycles. The second-order valence-corrected chi connectivity index (χ2v) is 9.49. The molecule has 0 atom stereocenters. The lowest BCUT2D eigenvalue weighted by molar-refractivity contribution is -0.132. The largest absolute Gasteiger partial charge is 0.497 e. The molecule has 0 N–H and O–H groups in total. The van der Waals surface area contributed by atoms with Gasteiger partial charge in [-0.15, -0.1) is 11.3 Å². The van der Waals surface area contributed by atoms with Gasteiger partial charge in [-0.3, -0.25) is 9.59 Å². The fourth-order valence-electron chi connectivity index (χ4n) is 4.47. The maximum absolute atomic E-state index is 12.7. The molecule has 0 aliphatic carbocycles. The Hall–Kier alpha value is -3.13. The Morgan fingerprint density at radius 3 is 2.47 bits per heavy atom. The molecule has 1 amide bonds. The third kappa shape index (κ3) is 5.86. The predicted octanol–water partition coefficient (Wildman–Crippen LogP) is 4.77. The van der Waals surface area contributed by atoms with Crippen molar-refractivity contribution in [1.29, 1.82) is 0 Å². The Bertz CT molecular complexity index is 1080. The normalized spacial score (nSPS) is 14.2. The fraction of sp³-hybridized carbons (Fsp3) is 0.423. The molecule has 180 valence electrons. The van der Waals surface area contributed by atoms with Crippen LogP contribution in [0.15, 0.2) is 48.1 Å². The molecule has 1 fully saturated rings. The number of aromatic nitrogens is 2. The van der Waals surface area contributed by atoms with E-state index in [0.29, 0.717) is 31.7 Å². The van der Waals surface area contributed by atoms with Gasteiger partial charge in [-0.1, -0.05) is 6.07 Å². The van der Waals surface area contributed by atoms with Crippen molar-refractivity contribution in [3.05, 3.63) is 64.4 Å². The summed E-state index contributed by atoms with van der Waals surface area (Å²) in [7, 11) is 3.30. The standard InChI is InChI=1S/C26H31N3O4S/c1-32-21-15-19(16-22(17-21)33-2)18-29-13-10-27-26(29)20-8-11-28(12-9-20)25(31)7-3-5-23(30)24-6-4-14-34-24/h4,6,10,13-17,20H,3,5,7-9,11-12,18H2,1-2H3. The zero-order valence-electron chi connectivity index (χ0n) is 19.7. The van der Waals surface area contributed by atoms with Crippen molar-refractivity contribution < 1.29 is 19.1 Å². The van der Waals surface area contributed by atoms with Crippen LogP contribution in [-0.2, 0) is 11.3 Å². The molecule has 2 aromatic heterocycles. The van der Waals surface area contributed by atoms with Crippen molar-refractivity contribution in [3.63, 3.8) is 0 Å². The van der Waals surface area contributed by atoms with E-state index in [2.05, 4.69) is 9.55 Å². The fourth-order valence-corrected chi connectivity index (χ4v) is 5.17. The molecule has 0 unspecified atom stereocenters. The quantitative estimate of drug-likeness (QED) is 0.390. The number of piperidine rings is 1. The summed E-state index contributed by atoms with van der Waals surface area (Å²) >= 11 is 1.46. The van der Waals surface area contributed by atoms with E-state index in [1.54, 1.807) is 14.2 Å². The Balaban J connectivity index is 1.29. The van der Waals surface area contributed by atoms with E-state index in [0.717, 1.165) is 53.7 Å². The number of ether oxygens (including phenoxy) is 2. The molecule has 4 rings (SSSR count). The highest BCUT2D eigenvalue weighted by atomic mass is 32.1. The number of amides is 1. The van der Waals surface area contributed by atoms with E-state index < -0.39 is 0 Å². The summed E-state index contributed by atoms with van der Waals surface area (Å²) < 4.78 is 13.0. The number of methoxy groups -OCH3 is 2. The highest BCUT2D eigenvalue weighted by Gasteiger charge is 2.26. The van der Waals surface area contributed by atoms with Crippen LogP contribution in [0.2, 0.25) is 0 Å². The maximum Gasteiger partial charge on any atom is 0.222 e. The van der Waals surface area contributed by atoms with Gasteiger partial charge in [-0.25, -0.2) is 4.98 Å². The number of benzene rings is 1. The Morgan fingerprint density at radius 2 is 1.82 bits per heavy atom. The monoisotopic (exact) mass is 481 g/mol. The Morgan fingerprint density at radius 1 is 1.09 bits per heavy atom. The highest BCUT2D eigenvalue weighted by molar-refractivity contribution is 7.12. The predicted molar refractivity (Wildman–Crippen MR) is 132 cm³/mol. The Kier molecular flexibility index (Phi) is 8.00. The van der Waals surface area contributed by atoms with E-state index in [-0.39, 0.29) is 11.7 Å². The third-order valence-electron chi connectivity index (χ3n) is 6.32.